The minimum absolute atomic E-state index is 0.183. The van der Waals surface area contributed by atoms with Gasteiger partial charge in [0.2, 0.25) is 0 Å². The van der Waals surface area contributed by atoms with Crippen LogP contribution in [0.5, 0.6) is 0 Å². The average Bonchev–Trinajstić information content (AvgIpc) is 2.63. The van der Waals surface area contributed by atoms with Gasteiger partial charge in [-0.3, -0.25) is 9.05 Å². The fourth-order valence-corrected chi connectivity index (χ4v) is 4.51. The summed E-state index contributed by atoms with van der Waals surface area (Å²) in [5.41, 5.74) is 0.943. The molecule has 1 aliphatic rings. The van der Waals surface area contributed by atoms with Gasteiger partial charge in [0.05, 0.1) is 13.2 Å². The summed E-state index contributed by atoms with van der Waals surface area (Å²) in [5.74, 6) is 0.238. The Hall–Kier alpha value is -1.40. The maximum atomic E-state index is 12.7. The van der Waals surface area contributed by atoms with Crippen molar-refractivity contribution < 1.29 is 23.1 Å². The topological polar surface area (TPSA) is 77.1 Å². The van der Waals surface area contributed by atoms with Crippen LogP contribution in [-0.4, -0.2) is 43.3 Å². The lowest BCUT2D eigenvalue weighted by atomic mass is 9.95. The molecule has 1 aromatic carbocycles. The lowest BCUT2D eigenvalue weighted by molar-refractivity contribution is 0.0747. The summed E-state index contributed by atoms with van der Waals surface area (Å²) < 4.78 is 28.7. The third-order valence-electron chi connectivity index (χ3n) is 4.34. The Morgan fingerprint density at radius 3 is 2.50 bits per heavy atom. The fourth-order valence-electron chi connectivity index (χ4n) is 2.87. The molecule has 0 aromatic heterocycles. The Balaban J connectivity index is 1.93. The number of carbonyl (C=O) groups is 1. The van der Waals surface area contributed by atoms with Gasteiger partial charge in [-0.15, -0.1) is 0 Å². The van der Waals surface area contributed by atoms with Gasteiger partial charge in [-0.2, -0.15) is 0 Å². The maximum Gasteiger partial charge on any atom is 0.410 e. The number of hydrogen-bond donors (Lipinski definition) is 1. The predicted octanol–water partition coefficient (Wildman–Crippen LogP) is 3.80. The van der Waals surface area contributed by atoms with Crippen LogP contribution in [0.1, 0.15) is 32.8 Å². The molecule has 0 spiro atoms. The first-order chi connectivity index (χ1) is 12.5. The van der Waals surface area contributed by atoms with Crippen molar-refractivity contribution in [3.8, 4) is 0 Å². The summed E-state index contributed by atoms with van der Waals surface area (Å²) in [4.78, 5) is 14.0. The third-order valence-corrected chi connectivity index (χ3v) is 6.19. The number of amides is 1. The van der Waals surface area contributed by atoms with Crippen molar-refractivity contribution >= 4 is 13.8 Å². The number of ether oxygens (including phenoxy) is 1. The van der Waals surface area contributed by atoms with Crippen molar-refractivity contribution in [1.82, 2.24) is 9.99 Å². The smallest absolute Gasteiger partial charge is 0.410 e. The second-order valence-corrected chi connectivity index (χ2v) is 8.09. The van der Waals surface area contributed by atoms with Crippen molar-refractivity contribution in [3.63, 3.8) is 0 Å². The van der Waals surface area contributed by atoms with E-state index in [9.17, 15) is 9.36 Å². The highest BCUT2D eigenvalue weighted by Crippen LogP contribution is 2.45. The molecule has 1 saturated heterocycles. The minimum atomic E-state index is -3.37. The van der Waals surface area contributed by atoms with E-state index in [1.807, 2.05) is 30.3 Å². The lowest BCUT2D eigenvalue weighted by Crippen LogP contribution is -2.51. The Morgan fingerprint density at radius 2 is 1.88 bits per heavy atom. The summed E-state index contributed by atoms with van der Waals surface area (Å²) in [6.07, 6.45) is 0.422. The number of piperidine rings is 1. The number of benzene rings is 1. The van der Waals surface area contributed by atoms with Gasteiger partial charge in [0.25, 0.3) is 0 Å². The molecule has 1 amide bonds. The van der Waals surface area contributed by atoms with E-state index in [4.69, 9.17) is 13.8 Å². The van der Waals surface area contributed by atoms with Crippen LogP contribution >= 0.6 is 7.75 Å². The summed E-state index contributed by atoms with van der Waals surface area (Å²) >= 11 is 0. The monoisotopic (exact) mass is 384 g/mol. The fraction of sp³-hybridized carbons (Fsp3) is 0.611. The van der Waals surface area contributed by atoms with Crippen molar-refractivity contribution in [2.75, 3.05) is 26.3 Å². The highest BCUT2D eigenvalue weighted by Gasteiger charge is 2.35. The molecule has 1 aromatic rings. The van der Waals surface area contributed by atoms with E-state index in [-0.39, 0.29) is 37.9 Å². The quantitative estimate of drug-likeness (QED) is 0.687. The molecular formula is C18H29N2O5P. The van der Waals surface area contributed by atoms with Gasteiger partial charge in [0, 0.05) is 19.1 Å². The molecule has 0 aliphatic carbocycles. The van der Waals surface area contributed by atoms with Crippen LogP contribution in [0, 0.1) is 5.92 Å². The van der Waals surface area contributed by atoms with E-state index >= 15 is 0 Å². The second kappa shape index (κ2) is 10.1. The first kappa shape index (κ1) is 20.9. The Morgan fingerprint density at radius 1 is 1.23 bits per heavy atom. The molecule has 1 fully saturated rings. The molecule has 2 rings (SSSR count). The van der Waals surface area contributed by atoms with Crippen LogP contribution < -0.4 is 5.09 Å². The average molecular weight is 384 g/mol. The summed E-state index contributed by atoms with van der Waals surface area (Å²) in [6.45, 7) is 7.42. The van der Waals surface area contributed by atoms with Crippen LogP contribution in [0.15, 0.2) is 30.3 Å². The van der Waals surface area contributed by atoms with Gasteiger partial charge in [-0.25, -0.2) is 14.4 Å². The highest BCUT2D eigenvalue weighted by molar-refractivity contribution is 7.51. The molecule has 7 nitrogen and oxygen atoms in total. The molecule has 0 radical (unpaired) electrons. The van der Waals surface area contributed by atoms with Crippen LogP contribution in [0.25, 0.3) is 0 Å². The van der Waals surface area contributed by atoms with E-state index < -0.39 is 7.75 Å². The number of rotatable bonds is 8. The molecule has 1 N–H and O–H groups in total. The number of hydrogen-bond acceptors (Lipinski definition) is 5. The van der Waals surface area contributed by atoms with Gasteiger partial charge in [0.1, 0.15) is 6.61 Å². The molecule has 8 heteroatoms. The SMILES string of the molecule is CCOP(=O)(N[C@@H]1CN(C(=O)OCc2ccccc2)CC[C@H]1C)OCC. The molecule has 1 heterocycles. The standard InChI is InChI=1S/C18H29N2O5P/c1-4-24-26(22,25-5-2)19-17-13-20(12-11-15(17)3)18(21)23-14-16-9-7-6-8-10-16/h6-10,15,17H,4-5,11-14H2,1-3H3,(H,19,22)/t15-,17-/m1/s1. The van der Waals surface area contributed by atoms with Crippen molar-refractivity contribution in [2.24, 2.45) is 5.92 Å². The van der Waals surface area contributed by atoms with E-state index in [2.05, 4.69) is 12.0 Å². The highest BCUT2D eigenvalue weighted by atomic mass is 31.2. The van der Waals surface area contributed by atoms with Crippen LogP contribution in [-0.2, 0) is 25.0 Å². The minimum Gasteiger partial charge on any atom is -0.445 e. The van der Waals surface area contributed by atoms with Gasteiger partial charge in [-0.05, 0) is 31.7 Å². The third kappa shape index (κ3) is 6.09. The molecule has 2 atom stereocenters. The number of likely N-dealkylation sites (tertiary alicyclic amines) is 1. The van der Waals surface area contributed by atoms with Crippen LogP contribution in [0.3, 0.4) is 0 Å². The summed E-state index contributed by atoms with van der Waals surface area (Å²) in [5, 5.41) is 3.00. The summed E-state index contributed by atoms with van der Waals surface area (Å²) in [7, 11) is -3.37. The second-order valence-electron chi connectivity index (χ2n) is 6.32. The van der Waals surface area contributed by atoms with E-state index in [1.54, 1.807) is 18.7 Å². The van der Waals surface area contributed by atoms with Crippen molar-refractivity contribution in [3.05, 3.63) is 35.9 Å². The molecule has 26 heavy (non-hydrogen) atoms. The van der Waals surface area contributed by atoms with Gasteiger partial charge >= 0.3 is 13.8 Å². The van der Waals surface area contributed by atoms with Crippen molar-refractivity contribution in [1.29, 1.82) is 0 Å². The molecule has 0 unspecified atom stereocenters. The Labute approximate surface area is 155 Å². The van der Waals surface area contributed by atoms with Gasteiger partial charge < -0.3 is 9.64 Å². The molecule has 0 bridgehead atoms. The zero-order valence-electron chi connectivity index (χ0n) is 15.7. The number of nitrogens with zero attached hydrogens (tertiary/aromatic N) is 1. The first-order valence-corrected chi connectivity index (χ1v) is 10.6. The number of carbonyl (C=O) groups excluding carboxylic acids is 1. The largest absolute Gasteiger partial charge is 0.445 e. The van der Waals surface area contributed by atoms with Crippen LogP contribution in [0.2, 0.25) is 0 Å². The molecule has 0 saturated carbocycles. The van der Waals surface area contributed by atoms with Gasteiger partial charge in [-0.1, -0.05) is 37.3 Å². The van der Waals surface area contributed by atoms with E-state index in [1.165, 1.54) is 0 Å². The molecular weight excluding hydrogens is 355 g/mol. The van der Waals surface area contributed by atoms with Gasteiger partial charge in [0.15, 0.2) is 0 Å². The molecule has 146 valence electrons. The molecule has 1 aliphatic heterocycles. The first-order valence-electron chi connectivity index (χ1n) is 9.10. The van der Waals surface area contributed by atoms with E-state index in [0.29, 0.717) is 13.1 Å². The lowest BCUT2D eigenvalue weighted by Gasteiger charge is -2.38. The zero-order valence-corrected chi connectivity index (χ0v) is 16.6. The predicted molar refractivity (Wildman–Crippen MR) is 99.8 cm³/mol. The zero-order chi connectivity index (χ0) is 19.0. The summed E-state index contributed by atoms with van der Waals surface area (Å²) in [6, 6.07) is 9.38. The van der Waals surface area contributed by atoms with E-state index in [0.717, 1.165) is 12.0 Å². The normalized spacial score (nSPS) is 20.8. The maximum absolute atomic E-state index is 12.7. The Bertz CT molecular complexity index is 603. The number of nitrogens with one attached hydrogen (secondary N) is 1. The van der Waals surface area contributed by atoms with Crippen molar-refractivity contribution in [2.45, 2.75) is 39.8 Å². The van der Waals surface area contributed by atoms with Crippen LogP contribution in [0.4, 0.5) is 4.79 Å². The Kier molecular flexibility index (Phi) is 8.10.